The van der Waals surface area contributed by atoms with Crippen molar-refractivity contribution in [1.29, 1.82) is 0 Å². The number of aromatic nitrogens is 2. The van der Waals surface area contributed by atoms with Crippen LogP contribution in [0.1, 0.15) is 18.4 Å². The smallest absolute Gasteiger partial charge is 0.339 e. The monoisotopic (exact) mass is 359 g/mol. The van der Waals surface area contributed by atoms with Gasteiger partial charge in [-0.3, -0.25) is 4.90 Å². The van der Waals surface area contributed by atoms with Gasteiger partial charge in [0.05, 0.1) is 12.9 Å². The highest BCUT2D eigenvalue weighted by molar-refractivity contribution is 5.83. The van der Waals surface area contributed by atoms with E-state index in [9.17, 15) is 14.3 Å². The molecule has 3 aliphatic rings. The summed E-state index contributed by atoms with van der Waals surface area (Å²) in [5.41, 5.74) is -1.61. The highest BCUT2D eigenvalue weighted by Gasteiger charge is 2.47. The first-order chi connectivity index (χ1) is 12.6. The van der Waals surface area contributed by atoms with Gasteiger partial charge in [0.1, 0.15) is 11.9 Å². The zero-order valence-electron chi connectivity index (χ0n) is 14.4. The number of fused-ring (bicyclic) bond motifs is 3. The predicted octanol–water partition coefficient (Wildman–Crippen LogP) is 1.40. The minimum absolute atomic E-state index is 0.0757. The Morgan fingerprint density at radius 3 is 2.69 bits per heavy atom. The highest BCUT2D eigenvalue weighted by atomic mass is 19.1. The van der Waals surface area contributed by atoms with Crippen LogP contribution in [0.25, 0.3) is 0 Å². The Bertz CT molecular complexity index is 774. The number of halogens is 1. The number of imidazole rings is 1. The van der Waals surface area contributed by atoms with E-state index in [1.807, 2.05) is 0 Å². The lowest BCUT2D eigenvalue weighted by Crippen LogP contribution is -2.55. The van der Waals surface area contributed by atoms with Crippen molar-refractivity contribution < 1.29 is 19.0 Å². The highest BCUT2D eigenvalue weighted by Crippen LogP contribution is 2.34. The number of nitrogens with zero attached hydrogens (tertiary/aromatic N) is 3. The summed E-state index contributed by atoms with van der Waals surface area (Å²) in [5, 5.41) is 10.2. The summed E-state index contributed by atoms with van der Waals surface area (Å²) in [6, 6.07) is 5.97. The first-order valence-electron chi connectivity index (χ1n) is 8.93. The number of carbonyl (C=O) groups is 1. The summed E-state index contributed by atoms with van der Waals surface area (Å²) in [5.74, 6) is -0.897. The van der Waals surface area contributed by atoms with Crippen LogP contribution in [0.3, 0.4) is 0 Å². The third-order valence-electron chi connectivity index (χ3n) is 5.69. The molecule has 3 aliphatic heterocycles. The SMILES string of the molecule is O=C(OC1CN2CCC1CC2)C(CO)(c1ccccc1F)n1ccnc1. The molecule has 138 valence electrons. The van der Waals surface area contributed by atoms with Gasteiger partial charge in [-0.15, -0.1) is 0 Å². The van der Waals surface area contributed by atoms with E-state index in [1.54, 1.807) is 18.3 Å². The van der Waals surface area contributed by atoms with Crippen molar-refractivity contribution in [1.82, 2.24) is 14.5 Å². The fraction of sp³-hybridized carbons (Fsp3) is 0.474. The van der Waals surface area contributed by atoms with Gasteiger partial charge in [0.2, 0.25) is 0 Å². The fourth-order valence-electron chi connectivity index (χ4n) is 4.15. The van der Waals surface area contributed by atoms with Gasteiger partial charge in [0, 0.05) is 24.5 Å². The van der Waals surface area contributed by atoms with Crippen molar-refractivity contribution in [2.24, 2.45) is 5.92 Å². The number of esters is 1. The predicted molar refractivity (Wildman–Crippen MR) is 91.8 cm³/mol. The molecule has 0 spiro atoms. The summed E-state index contributed by atoms with van der Waals surface area (Å²) in [4.78, 5) is 19.5. The molecule has 6 nitrogen and oxygen atoms in total. The van der Waals surface area contributed by atoms with Crippen LogP contribution in [0.5, 0.6) is 0 Å². The number of ether oxygens (including phenoxy) is 1. The van der Waals surface area contributed by atoms with Crippen molar-refractivity contribution in [3.8, 4) is 0 Å². The molecule has 1 aromatic carbocycles. The quantitative estimate of drug-likeness (QED) is 0.818. The second-order valence-electron chi connectivity index (χ2n) is 7.05. The van der Waals surface area contributed by atoms with E-state index >= 15 is 0 Å². The zero-order chi connectivity index (χ0) is 18.1. The number of aliphatic hydroxyl groups excluding tert-OH is 1. The number of benzene rings is 1. The molecule has 2 aromatic rings. The van der Waals surface area contributed by atoms with E-state index in [4.69, 9.17) is 4.74 Å². The van der Waals surface area contributed by atoms with E-state index in [1.165, 1.54) is 29.2 Å². The Labute approximate surface area is 151 Å². The second kappa shape index (κ2) is 6.81. The third kappa shape index (κ3) is 2.71. The van der Waals surface area contributed by atoms with Gasteiger partial charge in [-0.1, -0.05) is 18.2 Å². The molecule has 0 radical (unpaired) electrons. The van der Waals surface area contributed by atoms with E-state index < -0.39 is 23.9 Å². The first-order valence-corrected chi connectivity index (χ1v) is 8.93. The number of piperidine rings is 3. The molecule has 3 fully saturated rings. The zero-order valence-corrected chi connectivity index (χ0v) is 14.4. The number of hydrogen-bond acceptors (Lipinski definition) is 5. The standard InChI is InChI=1S/C19H22FN3O3/c20-16-4-2-1-3-15(16)19(12-24,23-10-7-21-13-23)18(25)26-17-11-22-8-5-14(17)6-9-22/h1-4,7,10,13-14,17,24H,5-6,8-9,11-12H2. The van der Waals surface area contributed by atoms with Crippen LogP contribution in [0.2, 0.25) is 0 Å². The molecule has 2 atom stereocenters. The molecular formula is C19H22FN3O3. The summed E-state index contributed by atoms with van der Waals surface area (Å²) in [6.07, 6.45) is 6.20. The van der Waals surface area contributed by atoms with Gasteiger partial charge in [-0.2, -0.15) is 0 Å². The molecule has 2 unspecified atom stereocenters. The molecule has 26 heavy (non-hydrogen) atoms. The summed E-state index contributed by atoms with van der Waals surface area (Å²) >= 11 is 0. The summed E-state index contributed by atoms with van der Waals surface area (Å²) in [6.45, 7) is 2.13. The van der Waals surface area contributed by atoms with Crippen molar-refractivity contribution in [2.45, 2.75) is 24.5 Å². The van der Waals surface area contributed by atoms with Gasteiger partial charge in [-0.05, 0) is 37.9 Å². The maximum atomic E-state index is 14.6. The molecule has 7 heteroatoms. The van der Waals surface area contributed by atoms with Crippen molar-refractivity contribution in [3.05, 3.63) is 54.4 Å². The van der Waals surface area contributed by atoms with Crippen molar-refractivity contribution >= 4 is 5.97 Å². The van der Waals surface area contributed by atoms with E-state index in [0.717, 1.165) is 25.9 Å². The van der Waals surface area contributed by atoms with Gasteiger partial charge >= 0.3 is 5.97 Å². The van der Waals surface area contributed by atoms with Crippen molar-refractivity contribution in [3.63, 3.8) is 0 Å². The Morgan fingerprint density at radius 2 is 2.12 bits per heavy atom. The largest absolute Gasteiger partial charge is 0.459 e. The number of rotatable bonds is 5. The van der Waals surface area contributed by atoms with Crippen LogP contribution in [0.4, 0.5) is 4.39 Å². The minimum Gasteiger partial charge on any atom is -0.459 e. The van der Waals surface area contributed by atoms with E-state index in [0.29, 0.717) is 12.5 Å². The average molecular weight is 359 g/mol. The first kappa shape index (κ1) is 17.2. The van der Waals surface area contributed by atoms with Crippen molar-refractivity contribution in [2.75, 3.05) is 26.2 Å². The molecule has 2 bridgehead atoms. The Balaban J connectivity index is 1.71. The second-order valence-corrected chi connectivity index (χ2v) is 7.05. The number of hydrogen-bond donors (Lipinski definition) is 1. The average Bonchev–Trinajstić information content (AvgIpc) is 3.20. The molecule has 1 aromatic heterocycles. The van der Waals surface area contributed by atoms with Crippen LogP contribution in [0, 0.1) is 11.7 Å². The van der Waals surface area contributed by atoms with Crippen LogP contribution >= 0.6 is 0 Å². The lowest BCUT2D eigenvalue weighted by Gasteiger charge is -2.45. The Morgan fingerprint density at radius 1 is 1.35 bits per heavy atom. The molecule has 5 rings (SSSR count). The summed E-state index contributed by atoms with van der Waals surface area (Å²) in [7, 11) is 0. The van der Waals surface area contributed by atoms with Crippen LogP contribution in [-0.4, -0.2) is 57.9 Å². The van der Waals surface area contributed by atoms with Crippen LogP contribution in [-0.2, 0) is 15.1 Å². The molecule has 1 N–H and O–H groups in total. The molecule has 0 amide bonds. The van der Waals surface area contributed by atoms with Gasteiger partial charge < -0.3 is 14.4 Å². The molecule has 0 aliphatic carbocycles. The molecular weight excluding hydrogens is 337 g/mol. The van der Waals surface area contributed by atoms with Gasteiger partial charge in [0.15, 0.2) is 5.54 Å². The Kier molecular flexibility index (Phi) is 4.50. The van der Waals surface area contributed by atoms with E-state index in [2.05, 4.69) is 9.88 Å². The van der Waals surface area contributed by atoms with E-state index in [-0.39, 0.29) is 11.7 Å². The normalized spacial score (nSPS) is 27.1. The van der Waals surface area contributed by atoms with Gasteiger partial charge in [0.25, 0.3) is 0 Å². The lowest BCUT2D eigenvalue weighted by molar-refractivity contribution is -0.169. The number of carbonyl (C=O) groups excluding carboxylic acids is 1. The molecule has 0 saturated carbocycles. The maximum Gasteiger partial charge on any atom is 0.339 e. The maximum absolute atomic E-state index is 14.6. The van der Waals surface area contributed by atoms with Crippen LogP contribution in [0.15, 0.2) is 43.0 Å². The van der Waals surface area contributed by atoms with Gasteiger partial charge in [-0.25, -0.2) is 14.2 Å². The molecule has 4 heterocycles. The minimum atomic E-state index is -1.69. The fourth-order valence-corrected chi connectivity index (χ4v) is 4.15. The van der Waals surface area contributed by atoms with Crippen LogP contribution < -0.4 is 0 Å². The summed E-state index contributed by atoms with van der Waals surface area (Å²) < 4.78 is 21.9. The molecule has 3 saturated heterocycles. The number of aliphatic hydroxyl groups is 1. The third-order valence-corrected chi connectivity index (χ3v) is 5.69. The lowest BCUT2D eigenvalue weighted by atomic mass is 9.85. The topological polar surface area (TPSA) is 67.6 Å². The Hall–Kier alpha value is -2.25.